The molecule has 0 N–H and O–H groups in total. The van der Waals surface area contributed by atoms with Crippen LogP contribution in [0.5, 0.6) is 0 Å². The number of hydrogen-bond donors (Lipinski definition) is 0. The Kier molecular flexibility index (Phi) is 4.52. The fourth-order valence-corrected chi connectivity index (χ4v) is 0.454. The lowest BCUT2D eigenvalue weighted by Gasteiger charge is -2.08. The fraction of sp³-hybridized carbons (Fsp3) is 0.429. The summed E-state index contributed by atoms with van der Waals surface area (Å²) in [6.07, 6.45) is -1.04. The largest absolute Gasteiger partial charge is 0.514 e. The van der Waals surface area contributed by atoms with Crippen molar-refractivity contribution < 1.29 is 23.8 Å². The lowest BCUT2D eigenvalue weighted by molar-refractivity contribution is -0.150. The number of rotatable bonds is 3. The molecular weight excluding hydrogens is 164 g/mol. The highest BCUT2D eigenvalue weighted by molar-refractivity contribution is 5.76. The SMILES string of the molecule is C=COC(=O)OC(C)C(=O)OC. The van der Waals surface area contributed by atoms with Crippen molar-refractivity contribution >= 4 is 12.1 Å². The molecule has 0 saturated heterocycles. The van der Waals surface area contributed by atoms with Crippen LogP contribution < -0.4 is 0 Å². The van der Waals surface area contributed by atoms with E-state index in [9.17, 15) is 9.59 Å². The molecule has 0 radical (unpaired) electrons. The number of hydrogen-bond acceptors (Lipinski definition) is 5. The Bertz CT molecular complexity index is 186. The quantitative estimate of drug-likeness (QED) is 0.468. The van der Waals surface area contributed by atoms with E-state index >= 15 is 0 Å². The Labute approximate surface area is 69.9 Å². The van der Waals surface area contributed by atoms with Crippen molar-refractivity contribution in [2.75, 3.05) is 7.11 Å². The van der Waals surface area contributed by atoms with Gasteiger partial charge in [-0.3, -0.25) is 0 Å². The van der Waals surface area contributed by atoms with Crippen LogP contribution in [0.4, 0.5) is 4.79 Å². The van der Waals surface area contributed by atoms with Crippen molar-refractivity contribution in [3.63, 3.8) is 0 Å². The van der Waals surface area contributed by atoms with Gasteiger partial charge in [-0.2, -0.15) is 0 Å². The Morgan fingerprint density at radius 1 is 1.50 bits per heavy atom. The van der Waals surface area contributed by atoms with Gasteiger partial charge < -0.3 is 14.2 Å². The lowest BCUT2D eigenvalue weighted by Crippen LogP contribution is -2.24. The second-order valence-electron chi connectivity index (χ2n) is 1.82. The molecule has 0 amide bonds. The van der Waals surface area contributed by atoms with Crippen LogP contribution in [0.25, 0.3) is 0 Å². The summed E-state index contributed by atoms with van der Waals surface area (Å²) in [7, 11) is 1.20. The maximum atomic E-state index is 10.7. The minimum Gasteiger partial charge on any atom is -0.466 e. The van der Waals surface area contributed by atoms with Gasteiger partial charge in [-0.05, 0) is 6.92 Å². The molecule has 0 bridgehead atoms. The summed E-state index contributed by atoms with van der Waals surface area (Å²) in [6, 6.07) is 0. The van der Waals surface area contributed by atoms with Crippen LogP contribution in [-0.4, -0.2) is 25.3 Å². The van der Waals surface area contributed by atoms with Crippen LogP contribution in [-0.2, 0) is 19.0 Å². The summed E-state index contributed by atoms with van der Waals surface area (Å²) in [5.74, 6) is -0.643. The van der Waals surface area contributed by atoms with Crippen LogP contribution in [0, 0.1) is 0 Å². The first-order valence-corrected chi connectivity index (χ1v) is 3.17. The predicted octanol–water partition coefficient (Wildman–Crippen LogP) is 0.845. The molecule has 0 aliphatic rings. The molecule has 1 unspecified atom stereocenters. The summed E-state index contributed by atoms with van der Waals surface area (Å²) in [4.78, 5) is 21.2. The topological polar surface area (TPSA) is 61.8 Å². The molecule has 0 aromatic carbocycles. The molecule has 0 rings (SSSR count). The van der Waals surface area contributed by atoms with Gasteiger partial charge >= 0.3 is 12.1 Å². The summed E-state index contributed by atoms with van der Waals surface area (Å²) < 4.78 is 12.9. The molecule has 0 saturated carbocycles. The van der Waals surface area contributed by atoms with Crippen molar-refractivity contribution in [3.05, 3.63) is 12.8 Å². The second-order valence-corrected chi connectivity index (χ2v) is 1.82. The number of methoxy groups -OCH3 is 1. The maximum Gasteiger partial charge on any atom is 0.514 e. The molecule has 5 heteroatoms. The smallest absolute Gasteiger partial charge is 0.466 e. The third-order valence-electron chi connectivity index (χ3n) is 0.986. The van der Waals surface area contributed by atoms with E-state index in [2.05, 4.69) is 20.8 Å². The van der Waals surface area contributed by atoms with E-state index in [0.29, 0.717) is 0 Å². The van der Waals surface area contributed by atoms with Crippen molar-refractivity contribution in [2.24, 2.45) is 0 Å². The van der Waals surface area contributed by atoms with Gasteiger partial charge in [0.05, 0.1) is 13.4 Å². The zero-order valence-corrected chi connectivity index (χ0v) is 6.90. The van der Waals surface area contributed by atoms with E-state index in [-0.39, 0.29) is 0 Å². The van der Waals surface area contributed by atoms with Gasteiger partial charge in [0, 0.05) is 0 Å². The molecule has 0 fully saturated rings. The van der Waals surface area contributed by atoms with Crippen LogP contribution in [0.15, 0.2) is 12.8 Å². The lowest BCUT2D eigenvalue weighted by atomic mass is 10.4. The monoisotopic (exact) mass is 174 g/mol. The van der Waals surface area contributed by atoms with Gasteiger partial charge in [0.25, 0.3) is 0 Å². The average molecular weight is 174 g/mol. The number of carbonyl (C=O) groups is 2. The molecule has 0 heterocycles. The first-order chi connectivity index (χ1) is 5.61. The number of carbonyl (C=O) groups excluding carboxylic acids is 2. The van der Waals surface area contributed by atoms with Crippen molar-refractivity contribution in [1.82, 2.24) is 0 Å². The molecule has 0 aromatic rings. The molecule has 12 heavy (non-hydrogen) atoms. The Balaban J connectivity index is 3.83. The Hall–Kier alpha value is -1.52. The van der Waals surface area contributed by atoms with Gasteiger partial charge in [-0.25, -0.2) is 9.59 Å². The summed E-state index contributed by atoms with van der Waals surface area (Å²) >= 11 is 0. The minimum atomic E-state index is -0.983. The van der Waals surface area contributed by atoms with Gasteiger partial charge in [0.2, 0.25) is 0 Å². The van der Waals surface area contributed by atoms with Crippen molar-refractivity contribution in [1.29, 1.82) is 0 Å². The van der Waals surface area contributed by atoms with E-state index in [1.54, 1.807) is 0 Å². The molecule has 1 atom stereocenters. The predicted molar refractivity (Wildman–Crippen MR) is 39.2 cm³/mol. The summed E-state index contributed by atoms with van der Waals surface area (Å²) in [5, 5.41) is 0. The van der Waals surface area contributed by atoms with Gasteiger partial charge in [-0.15, -0.1) is 0 Å². The first kappa shape index (κ1) is 10.5. The number of esters is 1. The highest BCUT2D eigenvalue weighted by Crippen LogP contribution is 1.96. The van der Waals surface area contributed by atoms with E-state index in [0.717, 1.165) is 6.26 Å². The van der Waals surface area contributed by atoms with E-state index < -0.39 is 18.2 Å². The summed E-state index contributed by atoms with van der Waals surface area (Å²) in [6.45, 7) is 4.50. The van der Waals surface area contributed by atoms with Gasteiger partial charge in [-0.1, -0.05) is 6.58 Å². The van der Waals surface area contributed by atoms with Crippen molar-refractivity contribution in [2.45, 2.75) is 13.0 Å². The molecule has 0 aromatic heterocycles. The highest BCUT2D eigenvalue weighted by atomic mass is 16.7. The van der Waals surface area contributed by atoms with Crippen LogP contribution in [0.2, 0.25) is 0 Å². The Morgan fingerprint density at radius 2 is 2.08 bits per heavy atom. The highest BCUT2D eigenvalue weighted by Gasteiger charge is 2.18. The zero-order valence-electron chi connectivity index (χ0n) is 6.90. The van der Waals surface area contributed by atoms with Crippen LogP contribution in [0.3, 0.4) is 0 Å². The standard InChI is InChI=1S/C7H10O5/c1-4-11-7(9)12-5(2)6(8)10-3/h4-5H,1H2,2-3H3. The average Bonchev–Trinajstić information content (AvgIpc) is 2.03. The molecule has 68 valence electrons. The first-order valence-electron chi connectivity index (χ1n) is 3.17. The number of ether oxygens (including phenoxy) is 3. The van der Waals surface area contributed by atoms with Crippen molar-refractivity contribution in [3.8, 4) is 0 Å². The van der Waals surface area contributed by atoms with Crippen LogP contribution in [0.1, 0.15) is 6.92 Å². The van der Waals surface area contributed by atoms with E-state index in [1.807, 2.05) is 0 Å². The molecule has 5 nitrogen and oxygen atoms in total. The molecule has 0 aliphatic heterocycles. The third kappa shape index (κ3) is 3.60. The molecular formula is C7H10O5. The second kappa shape index (κ2) is 5.17. The third-order valence-corrected chi connectivity index (χ3v) is 0.986. The van der Waals surface area contributed by atoms with Gasteiger partial charge in [0.15, 0.2) is 6.10 Å². The van der Waals surface area contributed by atoms with E-state index in [1.165, 1.54) is 14.0 Å². The maximum absolute atomic E-state index is 10.7. The molecule has 0 spiro atoms. The van der Waals surface area contributed by atoms with Gasteiger partial charge in [0.1, 0.15) is 0 Å². The fourth-order valence-electron chi connectivity index (χ4n) is 0.454. The van der Waals surface area contributed by atoms with E-state index in [4.69, 9.17) is 0 Å². The normalized spacial score (nSPS) is 11.2. The molecule has 0 aliphatic carbocycles. The minimum absolute atomic E-state index is 0.643. The van der Waals surface area contributed by atoms with Crippen LogP contribution >= 0.6 is 0 Å². The summed E-state index contributed by atoms with van der Waals surface area (Å²) in [5.41, 5.74) is 0. The zero-order chi connectivity index (χ0) is 9.56. The Morgan fingerprint density at radius 3 is 2.50 bits per heavy atom.